The predicted molar refractivity (Wildman–Crippen MR) is 147 cm³/mol. The van der Waals surface area contributed by atoms with Gasteiger partial charge in [-0.2, -0.15) is 0 Å². The highest BCUT2D eigenvalue weighted by atomic mass is 28.4. The first-order valence-corrected chi connectivity index (χ1v) is 15.9. The van der Waals surface area contributed by atoms with E-state index < -0.39 is 8.32 Å². The van der Waals surface area contributed by atoms with E-state index in [2.05, 4.69) is 72.0 Å². The molecule has 0 saturated carbocycles. The molecule has 2 rings (SSSR count). The Labute approximate surface area is 214 Å². The molecule has 0 radical (unpaired) electrons. The Bertz CT molecular complexity index is 874. The summed E-state index contributed by atoms with van der Waals surface area (Å²) >= 11 is 0. The van der Waals surface area contributed by atoms with Crippen LogP contribution in [0.4, 0.5) is 0 Å². The van der Waals surface area contributed by atoms with Gasteiger partial charge in [0.25, 0.3) is 0 Å². The summed E-state index contributed by atoms with van der Waals surface area (Å²) in [6, 6.07) is 20.5. The van der Waals surface area contributed by atoms with Crippen molar-refractivity contribution in [2.24, 2.45) is 11.8 Å². The van der Waals surface area contributed by atoms with Gasteiger partial charge in [-0.25, -0.2) is 0 Å². The molecule has 4 nitrogen and oxygen atoms in total. The molecule has 0 unspecified atom stereocenters. The molecule has 2 aromatic carbocycles. The highest BCUT2D eigenvalue weighted by Gasteiger charge is 2.42. The lowest BCUT2D eigenvalue weighted by molar-refractivity contribution is -0.151. The second-order valence-corrected chi connectivity index (χ2v) is 16.1. The summed E-state index contributed by atoms with van der Waals surface area (Å²) in [4.78, 5) is 13.0. The van der Waals surface area contributed by atoms with E-state index in [4.69, 9.17) is 13.9 Å². The maximum atomic E-state index is 13.0. The van der Waals surface area contributed by atoms with E-state index in [9.17, 15) is 4.79 Å². The Hall–Kier alpha value is -1.95. The van der Waals surface area contributed by atoms with E-state index in [-0.39, 0.29) is 29.1 Å². The second-order valence-electron chi connectivity index (χ2n) is 11.4. The van der Waals surface area contributed by atoms with E-state index in [1.54, 1.807) is 0 Å². The van der Waals surface area contributed by atoms with E-state index >= 15 is 0 Å². The monoisotopic (exact) mass is 498 g/mol. The fourth-order valence-corrected chi connectivity index (χ4v) is 5.23. The van der Waals surface area contributed by atoms with Gasteiger partial charge in [-0.05, 0) is 54.9 Å². The van der Waals surface area contributed by atoms with Crippen molar-refractivity contribution in [1.29, 1.82) is 0 Å². The molecular formula is C30H46O4Si. The summed E-state index contributed by atoms with van der Waals surface area (Å²) in [5, 5.41) is 0.0441. The van der Waals surface area contributed by atoms with Crippen molar-refractivity contribution >= 4 is 14.3 Å². The van der Waals surface area contributed by atoms with Crippen LogP contribution >= 0.6 is 0 Å². The summed E-state index contributed by atoms with van der Waals surface area (Å²) in [6.07, 6.45) is 0.744. The van der Waals surface area contributed by atoms with Gasteiger partial charge >= 0.3 is 5.97 Å². The molecule has 0 amide bonds. The lowest BCUT2D eigenvalue weighted by atomic mass is 9.89. The van der Waals surface area contributed by atoms with Gasteiger partial charge in [0.1, 0.15) is 0 Å². The minimum atomic E-state index is -2.14. The van der Waals surface area contributed by atoms with Crippen LogP contribution in [0.2, 0.25) is 18.1 Å². The lowest BCUT2D eigenvalue weighted by Crippen LogP contribution is -2.45. The van der Waals surface area contributed by atoms with Crippen LogP contribution in [0.25, 0.3) is 0 Å². The number of esters is 1. The number of carbonyl (C=O) groups excluding carboxylic acids is 1. The molecule has 0 spiro atoms. The smallest absolute Gasteiger partial charge is 0.309 e. The first-order valence-electron chi connectivity index (χ1n) is 13.0. The van der Waals surface area contributed by atoms with Gasteiger partial charge in [-0.15, -0.1) is 0 Å². The average Bonchev–Trinajstić information content (AvgIpc) is 2.80. The van der Waals surface area contributed by atoms with E-state index in [0.717, 1.165) is 17.5 Å². The zero-order valence-electron chi connectivity index (χ0n) is 23.0. The molecule has 0 aromatic heterocycles. The van der Waals surface area contributed by atoms with Crippen LogP contribution in [0.3, 0.4) is 0 Å². The van der Waals surface area contributed by atoms with Crippen molar-refractivity contribution < 1.29 is 18.7 Å². The SMILES string of the molecule is CCOC(=O)[C@@H](CC(C)C)C[C@@H](OCc1ccccc1)[C@H](O[Si](C)(C)C(C)(C)C)c1ccccc1. The van der Waals surface area contributed by atoms with Gasteiger partial charge in [-0.1, -0.05) is 95.3 Å². The number of ether oxygens (including phenoxy) is 2. The first-order chi connectivity index (χ1) is 16.4. The third-order valence-corrected chi connectivity index (χ3v) is 11.3. The molecule has 0 bridgehead atoms. The molecule has 0 saturated heterocycles. The Kier molecular flexibility index (Phi) is 11.2. The van der Waals surface area contributed by atoms with E-state index in [1.807, 2.05) is 43.3 Å². The predicted octanol–water partition coefficient (Wildman–Crippen LogP) is 7.95. The van der Waals surface area contributed by atoms with Gasteiger partial charge in [0, 0.05) is 0 Å². The standard InChI is InChI=1S/C30H46O4Si/c1-9-32-29(31)26(20-23(2)3)21-27(33-22-24-16-12-10-13-17-24)28(25-18-14-11-15-19-25)34-35(7,8)30(4,5)6/h10-19,23,26-28H,9,20-22H2,1-8H3/t26-,27+,28+/m0/s1. The molecule has 0 N–H and O–H groups in total. The van der Waals surface area contributed by atoms with Crippen LogP contribution in [0.5, 0.6) is 0 Å². The number of rotatable bonds is 13. The van der Waals surface area contributed by atoms with Crippen molar-refractivity contribution in [2.45, 2.75) is 91.3 Å². The van der Waals surface area contributed by atoms with Crippen molar-refractivity contribution in [1.82, 2.24) is 0 Å². The highest BCUT2D eigenvalue weighted by molar-refractivity contribution is 6.74. The van der Waals surface area contributed by atoms with Gasteiger partial charge < -0.3 is 13.9 Å². The maximum Gasteiger partial charge on any atom is 0.309 e. The Morgan fingerprint density at radius 3 is 2.00 bits per heavy atom. The summed E-state index contributed by atoms with van der Waals surface area (Å²) in [7, 11) is -2.14. The van der Waals surface area contributed by atoms with Crippen LogP contribution in [-0.4, -0.2) is 27.0 Å². The van der Waals surface area contributed by atoms with Crippen LogP contribution in [-0.2, 0) is 25.3 Å². The normalized spacial score (nSPS) is 15.0. The molecule has 0 heterocycles. The number of hydrogen-bond acceptors (Lipinski definition) is 4. The van der Waals surface area contributed by atoms with Crippen molar-refractivity contribution in [3.05, 3.63) is 71.8 Å². The van der Waals surface area contributed by atoms with Gasteiger partial charge in [0.15, 0.2) is 8.32 Å². The zero-order chi connectivity index (χ0) is 26.1. The molecule has 35 heavy (non-hydrogen) atoms. The minimum absolute atomic E-state index is 0.0441. The van der Waals surface area contributed by atoms with Gasteiger partial charge in [0.2, 0.25) is 0 Å². The van der Waals surface area contributed by atoms with Crippen LogP contribution in [0.15, 0.2) is 60.7 Å². The summed E-state index contributed by atoms with van der Waals surface area (Å²) in [5.74, 6) is -0.0192. The zero-order valence-corrected chi connectivity index (χ0v) is 24.0. The minimum Gasteiger partial charge on any atom is -0.466 e. The summed E-state index contributed by atoms with van der Waals surface area (Å²) < 4.78 is 19.2. The largest absolute Gasteiger partial charge is 0.466 e. The van der Waals surface area contributed by atoms with Crippen molar-refractivity contribution in [3.8, 4) is 0 Å². The van der Waals surface area contributed by atoms with Gasteiger partial charge in [0.05, 0.1) is 31.3 Å². The second kappa shape index (κ2) is 13.4. The first kappa shape index (κ1) is 29.3. The molecule has 194 valence electrons. The molecule has 3 atom stereocenters. The Morgan fingerprint density at radius 1 is 0.914 bits per heavy atom. The molecule has 0 fully saturated rings. The quantitative estimate of drug-likeness (QED) is 0.208. The number of benzene rings is 2. The molecule has 2 aromatic rings. The van der Waals surface area contributed by atoms with Crippen LogP contribution < -0.4 is 0 Å². The van der Waals surface area contributed by atoms with Gasteiger partial charge in [-0.3, -0.25) is 4.79 Å². The lowest BCUT2D eigenvalue weighted by Gasteiger charge is -2.42. The van der Waals surface area contributed by atoms with Crippen LogP contribution in [0.1, 0.15) is 71.6 Å². The average molecular weight is 499 g/mol. The summed E-state index contributed by atoms with van der Waals surface area (Å²) in [5.41, 5.74) is 2.19. The Balaban J connectivity index is 2.47. The highest BCUT2D eigenvalue weighted by Crippen LogP contribution is 2.42. The number of hydrogen-bond donors (Lipinski definition) is 0. The van der Waals surface area contributed by atoms with E-state index in [0.29, 0.717) is 25.6 Å². The van der Waals surface area contributed by atoms with Crippen molar-refractivity contribution in [2.75, 3.05) is 6.61 Å². The molecule has 5 heteroatoms. The molecule has 0 aliphatic heterocycles. The fourth-order valence-electron chi connectivity index (χ4n) is 3.95. The summed E-state index contributed by atoms with van der Waals surface area (Å²) in [6.45, 7) is 18.3. The molecule has 0 aliphatic carbocycles. The fraction of sp³-hybridized carbons (Fsp3) is 0.567. The molecule has 0 aliphatic rings. The number of carbonyl (C=O) groups is 1. The Morgan fingerprint density at radius 2 is 1.49 bits per heavy atom. The van der Waals surface area contributed by atoms with E-state index in [1.165, 1.54) is 0 Å². The topological polar surface area (TPSA) is 44.8 Å². The maximum absolute atomic E-state index is 13.0. The van der Waals surface area contributed by atoms with Crippen molar-refractivity contribution in [3.63, 3.8) is 0 Å². The third kappa shape index (κ3) is 9.21. The molecular weight excluding hydrogens is 452 g/mol. The third-order valence-electron chi connectivity index (χ3n) is 6.89. The van der Waals surface area contributed by atoms with Crippen LogP contribution in [0, 0.1) is 11.8 Å².